The Kier molecular flexibility index (Phi) is 5.51. The maximum atomic E-state index is 13.0. The Labute approximate surface area is 154 Å². The van der Waals surface area contributed by atoms with E-state index in [0.717, 1.165) is 0 Å². The Hall–Kier alpha value is -2.28. The first-order valence-corrected chi connectivity index (χ1v) is 8.67. The summed E-state index contributed by atoms with van der Waals surface area (Å²) in [5.41, 5.74) is -1.92. The Bertz CT molecular complexity index is 701. The van der Waals surface area contributed by atoms with Crippen molar-refractivity contribution in [3.05, 3.63) is 36.2 Å². The number of hydrogen-bond donors (Lipinski definition) is 1. The normalized spacial score (nSPS) is 21.2. The Balaban J connectivity index is 2.49. The van der Waals surface area contributed by atoms with Crippen LogP contribution in [0.15, 0.2) is 30.5 Å². The van der Waals surface area contributed by atoms with Crippen LogP contribution < -0.4 is 0 Å². The maximum absolute atomic E-state index is 13.0. The molecule has 1 amide bonds. The number of esters is 1. The molecule has 0 spiro atoms. The second kappa shape index (κ2) is 7.15. The van der Waals surface area contributed by atoms with E-state index in [-0.39, 0.29) is 6.54 Å². The minimum atomic E-state index is -1.68. The van der Waals surface area contributed by atoms with Crippen molar-refractivity contribution in [3.63, 3.8) is 0 Å². The molecule has 1 aromatic rings. The van der Waals surface area contributed by atoms with E-state index in [1.54, 1.807) is 70.6 Å². The molecule has 1 aliphatic heterocycles. The van der Waals surface area contributed by atoms with Gasteiger partial charge in [0.2, 0.25) is 0 Å². The number of aliphatic hydroxyl groups excluding tert-OH is 1. The number of hydrogen-bond acceptors (Lipinski definition) is 5. The number of rotatable bonds is 4. The molecule has 0 fully saturated rings. The number of aromatic nitrogens is 1. The third kappa shape index (κ3) is 3.77. The van der Waals surface area contributed by atoms with Gasteiger partial charge in [-0.3, -0.25) is 4.90 Å². The first-order valence-electron chi connectivity index (χ1n) is 8.67. The van der Waals surface area contributed by atoms with Crippen molar-refractivity contribution >= 4 is 12.1 Å². The van der Waals surface area contributed by atoms with Crippen LogP contribution in [0.2, 0.25) is 0 Å². The van der Waals surface area contributed by atoms with Gasteiger partial charge in [-0.2, -0.15) is 0 Å². The number of aryl methyl sites for hydroxylation is 1. The molecule has 2 heterocycles. The molecule has 0 unspecified atom stereocenters. The van der Waals surface area contributed by atoms with Gasteiger partial charge in [-0.1, -0.05) is 6.08 Å². The van der Waals surface area contributed by atoms with Gasteiger partial charge in [-0.25, -0.2) is 9.59 Å². The van der Waals surface area contributed by atoms with Crippen LogP contribution in [0.3, 0.4) is 0 Å². The molecule has 0 bridgehead atoms. The minimum absolute atomic E-state index is 0.142. The highest BCUT2D eigenvalue weighted by Crippen LogP contribution is 2.38. The molecule has 1 aromatic heterocycles. The van der Waals surface area contributed by atoms with Gasteiger partial charge in [0.25, 0.3) is 0 Å². The number of ether oxygens (including phenoxy) is 2. The van der Waals surface area contributed by atoms with E-state index in [0.29, 0.717) is 5.69 Å². The minimum Gasteiger partial charge on any atom is -0.461 e. The van der Waals surface area contributed by atoms with Gasteiger partial charge in [-0.15, -0.1) is 0 Å². The molecule has 7 heteroatoms. The zero-order valence-corrected chi connectivity index (χ0v) is 16.2. The predicted molar refractivity (Wildman–Crippen MR) is 96.4 cm³/mol. The second-order valence-electron chi connectivity index (χ2n) is 7.72. The topological polar surface area (TPSA) is 81.0 Å². The van der Waals surface area contributed by atoms with Crippen LogP contribution in [0.5, 0.6) is 0 Å². The largest absolute Gasteiger partial charge is 0.461 e. The van der Waals surface area contributed by atoms with E-state index in [1.807, 2.05) is 0 Å². The highest BCUT2D eigenvalue weighted by molar-refractivity contribution is 5.90. The van der Waals surface area contributed by atoms with Gasteiger partial charge in [0, 0.05) is 25.5 Å². The van der Waals surface area contributed by atoms with E-state index in [9.17, 15) is 14.7 Å². The second-order valence-corrected chi connectivity index (χ2v) is 7.72. The maximum Gasteiger partial charge on any atom is 0.411 e. The van der Waals surface area contributed by atoms with Crippen molar-refractivity contribution in [3.8, 4) is 0 Å². The summed E-state index contributed by atoms with van der Waals surface area (Å²) in [6, 6.07) is 3.46. The number of carbonyl (C=O) groups excluding carboxylic acids is 2. The quantitative estimate of drug-likeness (QED) is 0.656. The van der Waals surface area contributed by atoms with E-state index in [4.69, 9.17) is 9.47 Å². The SMILES string of the molecule is CC(C)OC(=O)[C@]1([C@@H](O)c2cccn2C)C=CCN1C(=O)OC(C)(C)C. The van der Waals surface area contributed by atoms with Crippen LogP contribution in [-0.4, -0.2) is 50.4 Å². The Morgan fingerprint density at radius 1 is 1.31 bits per heavy atom. The van der Waals surface area contributed by atoms with E-state index < -0.39 is 35.4 Å². The summed E-state index contributed by atoms with van der Waals surface area (Å²) < 4.78 is 12.6. The summed E-state index contributed by atoms with van der Waals surface area (Å²) in [7, 11) is 1.76. The van der Waals surface area contributed by atoms with Gasteiger partial charge in [0.15, 0.2) is 5.54 Å². The van der Waals surface area contributed by atoms with Crippen molar-refractivity contribution in [1.29, 1.82) is 0 Å². The molecule has 2 atom stereocenters. The third-order valence-corrected chi connectivity index (χ3v) is 4.07. The fourth-order valence-electron chi connectivity index (χ4n) is 2.94. The number of carbonyl (C=O) groups is 2. The summed E-state index contributed by atoms with van der Waals surface area (Å²) in [6.45, 7) is 8.82. The Morgan fingerprint density at radius 3 is 2.46 bits per heavy atom. The highest BCUT2D eigenvalue weighted by Gasteiger charge is 2.56. The number of amides is 1. The lowest BCUT2D eigenvalue weighted by Gasteiger charge is -2.40. The van der Waals surface area contributed by atoms with Crippen molar-refractivity contribution < 1.29 is 24.2 Å². The molecule has 0 saturated heterocycles. The van der Waals surface area contributed by atoms with E-state index >= 15 is 0 Å². The average Bonchev–Trinajstić information content (AvgIpc) is 3.10. The standard InChI is InChI=1S/C19H28N2O5/c1-13(2)25-16(23)19(15(22)14-9-7-11-20(14)6)10-8-12-21(19)17(24)26-18(3,4)5/h7-11,13,15,22H,12H2,1-6H3/t15-,19+/m0/s1. The van der Waals surface area contributed by atoms with Crippen molar-refractivity contribution in [2.24, 2.45) is 7.05 Å². The van der Waals surface area contributed by atoms with Gasteiger partial charge >= 0.3 is 12.1 Å². The highest BCUT2D eigenvalue weighted by atomic mass is 16.6. The van der Waals surface area contributed by atoms with Gasteiger partial charge in [0.1, 0.15) is 11.7 Å². The lowest BCUT2D eigenvalue weighted by atomic mass is 9.89. The summed E-state index contributed by atoms with van der Waals surface area (Å²) in [5.74, 6) is -0.694. The first-order chi connectivity index (χ1) is 12.0. The molecule has 7 nitrogen and oxygen atoms in total. The van der Waals surface area contributed by atoms with Crippen LogP contribution >= 0.6 is 0 Å². The van der Waals surface area contributed by atoms with Gasteiger partial charge in [-0.05, 0) is 52.8 Å². The number of aliphatic hydroxyl groups is 1. The lowest BCUT2D eigenvalue weighted by molar-refractivity contribution is -0.165. The monoisotopic (exact) mass is 364 g/mol. The van der Waals surface area contributed by atoms with Crippen LogP contribution in [0.25, 0.3) is 0 Å². The average molecular weight is 364 g/mol. The smallest absolute Gasteiger partial charge is 0.411 e. The molecule has 144 valence electrons. The van der Waals surface area contributed by atoms with Crippen molar-refractivity contribution in [2.45, 2.75) is 58.0 Å². The van der Waals surface area contributed by atoms with Crippen LogP contribution in [0, 0.1) is 0 Å². The summed E-state index contributed by atoms with van der Waals surface area (Å²) >= 11 is 0. The summed E-state index contributed by atoms with van der Waals surface area (Å²) in [5, 5.41) is 11.1. The molecular weight excluding hydrogens is 336 g/mol. The molecule has 0 aliphatic carbocycles. The summed E-state index contributed by atoms with van der Waals surface area (Å²) in [6.07, 6.45) is 2.57. The first kappa shape index (κ1) is 20.0. The van der Waals surface area contributed by atoms with Crippen LogP contribution in [-0.2, 0) is 21.3 Å². The zero-order chi connectivity index (χ0) is 19.7. The molecule has 1 aliphatic rings. The molecule has 26 heavy (non-hydrogen) atoms. The molecule has 0 radical (unpaired) electrons. The Morgan fingerprint density at radius 2 is 1.96 bits per heavy atom. The lowest BCUT2D eigenvalue weighted by Crippen LogP contribution is -2.59. The van der Waals surface area contributed by atoms with Crippen LogP contribution in [0.1, 0.15) is 46.4 Å². The third-order valence-electron chi connectivity index (χ3n) is 4.07. The molecule has 1 N–H and O–H groups in total. The van der Waals surface area contributed by atoms with E-state index in [2.05, 4.69) is 0 Å². The van der Waals surface area contributed by atoms with Crippen molar-refractivity contribution in [1.82, 2.24) is 9.47 Å². The van der Waals surface area contributed by atoms with Crippen molar-refractivity contribution in [2.75, 3.05) is 6.54 Å². The fraction of sp³-hybridized carbons (Fsp3) is 0.579. The predicted octanol–water partition coefficient (Wildman–Crippen LogP) is 2.56. The molecule has 2 rings (SSSR count). The van der Waals surface area contributed by atoms with E-state index in [1.165, 1.54) is 11.0 Å². The molecular formula is C19H28N2O5. The number of nitrogens with zero attached hydrogens (tertiary/aromatic N) is 2. The fourth-order valence-corrected chi connectivity index (χ4v) is 2.94. The van der Waals surface area contributed by atoms with Gasteiger partial charge < -0.3 is 19.1 Å². The molecule has 0 aromatic carbocycles. The molecule has 0 saturated carbocycles. The zero-order valence-electron chi connectivity index (χ0n) is 16.2. The van der Waals surface area contributed by atoms with Crippen LogP contribution in [0.4, 0.5) is 4.79 Å². The summed E-state index contributed by atoms with van der Waals surface area (Å²) in [4.78, 5) is 27.0. The van der Waals surface area contributed by atoms with Gasteiger partial charge in [0.05, 0.1) is 6.10 Å².